The van der Waals surface area contributed by atoms with Crippen LogP contribution in [0.25, 0.3) is 0 Å². The number of halogens is 1. The maximum atomic E-state index is 13.9. The standard InChI is InChI=1S/C12H10FN3O4/c1-6-3-8(16(18)19)5-9(11(6)13)12(17)14-10-4-7(2)15-20-10/h3-5H,1-2H3,(H,14,17). The van der Waals surface area contributed by atoms with Gasteiger partial charge in [0.05, 0.1) is 16.2 Å². The quantitative estimate of drug-likeness (QED) is 0.687. The molecule has 0 fully saturated rings. The Hall–Kier alpha value is -2.77. The lowest BCUT2D eigenvalue weighted by Crippen LogP contribution is -2.14. The van der Waals surface area contributed by atoms with E-state index in [1.54, 1.807) is 6.92 Å². The number of nitrogens with one attached hydrogen (secondary N) is 1. The molecule has 1 heterocycles. The Morgan fingerprint density at radius 3 is 2.65 bits per heavy atom. The summed E-state index contributed by atoms with van der Waals surface area (Å²) in [6.07, 6.45) is 0. The van der Waals surface area contributed by atoms with E-state index in [2.05, 4.69) is 10.5 Å². The number of rotatable bonds is 3. The van der Waals surface area contributed by atoms with E-state index in [-0.39, 0.29) is 17.1 Å². The summed E-state index contributed by atoms with van der Waals surface area (Å²) in [5, 5.41) is 16.6. The highest BCUT2D eigenvalue weighted by Gasteiger charge is 2.20. The fraction of sp³-hybridized carbons (Fsp3) is 0.167. The molecule has 0 unspecified atom stereocenters. The Bertz CT molecular complexity index is 696. The summed E-state index contributed by atoms with van der Waals surface area (Å²) in [5.74, 6) is -1.62. The molecule has 0 radical (unpaired) electrons. The molecular formula is C12H10FN3O4. The van der Waals surface area contributed by atoms with Crippen molar-refractivity contribution >= 4 is 17.5 Å². The van der Waals surface area contributed by atoms with Gasteiger partial charge in [0, 0.05) is 18.2 Å². The van der Waals surface area contributed by atoms with Gasteiger partial charge in [-0.25, -0.2) is 4.39 Å². The van der Waals surface area contributed by atoms with Crippen molar-refractivity contribution in [3.63, 3.8) is 0 Å². The summed E-state index contributed by atoms with van der Waals surface area (Å²) in [4.78, 5) is 21.9. The van der Waals surface area contributed by atoms with Crippen LogP contribution < -0.4 is 5.32 Å². The monoisotopic (exact) mass is 279 g/mol. The van der Waals surface area contributed by atoms with Gasteiger partial charge in [0.15, 0.2) is 0 Å². The van der Waals surface area contributed by atoms with Gasteiger partial charge in [-0.15, -0.1) is 0 Å². The van der Waals surface area contributed by atoms with Crippen molar-refractivity contribution in [1.82, 2.24) is 5.16 Å². The Morgan fingerprint density at radius 1 is 1.40 bits per heavy atom. The van der Waals surface area contributed by atoms with Crippen LogP contribution in [0.4, 0.5) is 16.0 Å². The third kappa shape index (κ3) is 2.63. The molecular weight excluding hydrogens is 269 g/mol. The van der Waals surface area contributed by atoms with E-state index in [1.807, 2.05) is 0 Å². The predicted molar refractivity (Wildman–Crippen MR) is 67.0 cm³/mol. The second-order valence-electron chi connectivity index (χ2n) is 4.17. The molecule has 1 aromatic heterocycles. The molecule has 0 aliphatic rings. The molecule has 2 rings (SSSR count). The lowest BCUT2D eigenvalue weighted by molar-refractivity contribution is -0.385. The molecule has 1 N–H and O–H groups in total. The van der Waals surface area contributed by atoms with Crippen LogP contribution >= 0.6 is 0 Å². The van der Waals surface area contributed by atoms with Crippen molar-refractivity contribution in [2.24, 2.45) is 0 Å². The van der Waals surface area contributed by atoms with Crippen LogP contribution in [0.2, 0.25) is 0 Å². The molecule has 0 aliphatic heterocycles. The maximum Gasteiger partial charge on any atom is 0.270 e. The van der Waals surface area contributed by atoms with Crippen LogP contribution in [0, 0.1) is 29.8 Å². The third-order valence-electron chi connectivity index (χ3n) is 2.56. The zero-order chi connectivity index (χ0) is 14.9. The molecule has 7 nitrogen and oxygen atoms in total. The van der Waals surface area contributed by atoms with E-state index in [4.69, 9.17) is 4.52 Å². The second kappa shape index (κ2) is 5.08. The van der Waals surface area contributed by atoms with Gasteiger partial charge in [-0.1, -0.05) is 5.16 Å². The van der Waals surface area contributed by atoms with Crippen LogP contribution in [0.15, 0.2) is 22.7 Å². The number of amides is 1. The van der Waals surface area contributed by atoms with E-state index >= 15 is 0 Å². The summed E-state index contributed by atoms with van der Waals surface area (Å²) in [6, 6.07) is 3.38. The first kappa shape index (κ1) is 13.7. The smallest absolute Gasteiger partial charge is 0.270 e. The number of non-ortho nitro benzene ring substituents is 1. The largest absolute Gasteiger partial charge is 0.338 e. The topological polar surface area (TPSA) is 98.3 Å². The lowest BCUT2D eigenvalue weighted by atomic mass is 10.1. The minimum atomic E-state index is -0.842. The highest BCUT2D eigenvalue weighted by molar-refractivity contribution is 6.04. The van der Waals surface area contributed by atoms with Gasteiger partial charge in [-0.3, -0.25) is 20.2 Å². The number of carbonyl (C=O) groups excluding carboxylic acids is 1. The highest BCUT2D eigenvalue weighted by atomic mass is 19.1. The van der Waals surface area contributed by atoms with Crippen LogP contribution in [-0.2, 0) is 0 Å². The second-order valence-corrected chi connectivity index (χ2v) is 4.17. The van der Waals surface area contributed by atoms with E-state index in [1.165, 1.54) is 13.0 Å². The van der Waals surface area contributed by atoms with Gasteiger partial charge in [0.25, 0.3) is 11.6 Å². The maximum absolute atomic E-state index is 13.9. The first-order valence-corrected chi connectivity index (χ1v) is 5.57. The Morgan fingerprint density at radius 2 is 2.10 bits per heavy atom. The van der Waals surface area contributed by atoms with Crippen molar-refractivity contribution in [1.29, 1.82) is 0 Å². The normalized spacial score (nSPS) is 10.3. The van der Waals surface area contributed by atoms with Gasteiger partial charge in [-0.2, -0.15) is 0 Å². The van der Waals surface area contributed by atoms with Crippen molar-refractivity contribution in [3.8, 4) is 0 Å². The van der Waals surface area contributed by atoms with Crippen molar-refractivity contribution in [2.75, 3.05) is 5.32 Å². The summed E-state index contributed by atoms with van der Waals surface area (Å²) < 4.78 is 18.6. The number of carbonyl (C=O) groups is 1. The Balaban J connectivity index is 2.36. The van der Waals surface area contributed by atoms with Gasteiger partial charge >= 0.3 is 0 Å². The number of anilines is 1. The molecule has 0 spiro atoms. The van der Waals surface area contributed by atoms with E-state index in [9.17, 15) is 19.3 Å². The van der Waals surface area contributed by atoms with Crippen molar-refractivity contribution < 1.29 is 18.6 Å². The minimum absolute atomic E-state index is 0.0121. The number of nitro groups is 1. The van der Waals surface area contributed by atoms with E-state index in [0.717, 1.165) is 12.1 Å². The number of hydrogen-bond acceptors (Lipinski definition) is 5. The SMILES string of the molecule is Cc1cc(NC(=O)c2cc([N+](=O)[O-])cc(C)c2F)on1. The molecule has 1 amide bonds. The summed E-state index contributed by atoms with van der Waals surface area (Å²) in [7, 11) is 0. The van der Waals surface area contributed by atoms with Crippen molar-refractivity contribution in [2.45, 2.75) is 13.8 Å². The zero-order valence-corrected chi connectivity index (χ0v) is 10.6. The number of hydrogen-bond donors (Lipinski definition) is 1. The van der Waals surface area contributed by atoms with E-state index < -0.39 is 22.2 Å². The first-order chi connectivity index (χ1) is 9.38. The molecule has 8 heteroatoms. The molecule has 104 valence electrons. The third-order valence-corrected chi connectivity index (χ3v) is 2.56. The Kier molecular flexibility index (Phi) is 3.47. The predicted octanol–water partition coefficient (Wildman–Crippen LogP) is 2.59. The molecule has 0 aliphatic carbocycles. The first-order valence-electron chi connectivity index (χ1n) is 5.57. The molecule has 2 aromatic rings. The highest BCUT2D eigenvalue weighted by Crippen LogP contribution is 2.22. The molecule has 0 bridgehead atoms. The fourth-order valence-electron chi connectivity index (χ4n) is 1.62. The number of aryl methyl sites for hydroxylation is 2. The van der Waals surface area contributed by atoms with Gasteiger partial charge in [0.1, 0.15) is 5.82 Å². The van der Waals surface area contributed by atoms with E-state index in [0.29, 0.717) is 5.69 Å². The van der Waals surface area contributed by atoms with Crippen LogP contribution in [-0.4, -0.2) is 16.0 Å². The summed E-state index contributed by atoms with van der Waals surface area (Å²) in [5.41, 5.74) is -0.234. The molecule has 0 atom stereocenters. The lowest BCUT2D eigenvalue weighted by Gasteiger charge is -2.05. The summed E-state index contributed by atoms with van der Waals surface area (Å²) in [6.45, 7) is 2.99. The zero-order valence-electron chi connectivity index (χ0n) is 10.6. The van der Waals surface area contributed by atoms with Gasteiger partial charge in [0.2, 0.25) is 5.88 Å². The van der Waals surface area contributed by atoms with Crippen molar-refractivity contribution in [3.05, 3.63) is 51.0 Å². The van der Waals surface area contributed by atoms with Crippen LogP contribution in [0.3, 0.4) is 0 Å². The minimum Gasteiger partial charge on any atom is -0.338 e. The van der Waals surface area contributed by atoms with Crippen LogP contribution in [0.1, 0.15) is 21.6 Å². The average molecular weight is 279 g/mol. The summed E-state index contributed by atoms with van der Waals surface area (Å²) >= 11 is 0. The number of nitro benzene ring substituents is 1. The van der Waals surface area contributed by atoms with Gasteiger partial charge in [-0.05, 0) is 19.4 Å². The fourth-order valence-corrected chi connectivity index (χ4v) is 1.62. The number of benzene rings is 1. The molecule has 1 aromatic carbocycles. The van der Waals surface area contributed by atoms with Gasteiger partial charge < -0.3 is 4.52 Å². The number of aromatic nitrogens is 1. The Labute approximate surface area is 112 Å². The molecule has 20 heavy (non-hydrogen) atoms. The molecule has 0 saturated carbocycles. The van der Waals surface area contributed by atoms with Crippen LogP contribution in [0.5, 0.6) is 0 Å². The average Bonchev–Trinajstić information content (AvgIpc) is 2.77. The number of nitrogens with zero attached hydrogens (tertiary/aromatic N) is 2. The molecule has 0 saturated heterocycles.